The Morgan fingerprint density at radius 2 is 2.06 bits per heavy atom. The van der Waals surface area contributed by atoms with Gasteiger partial charge in [-0.15, -0.1) is 0 Å². The Morgan fingerprint density at radius 1 is 1.39 bits per heavy atom. The molecule has 1 unspecified atom stereocenters. The van der Waals surface area contributed by atoms with E-state index in [1.165, 1.54) is 0 Å². The van der Waals surface area contributed by atoms with Crippen molar-refractivity contribution < 1.29 is 4.74 Å². The van der Waals surface area contributed by atoms with Gasteiger partial charge in [0.1, 0.15) is 5.75 Å². The van der Waals surface area contributed by atoms with E-state index in [9.17, 15) is 0 Å². The number of aryl methyl sites for hydroxylation is 1. The lowest BCUT2D eigenvalue weighted by atomic mass is 9.83. The van der Waals surface area contributed by atoms with E-state index < -0.39 is 0 Å². The fourth-order valence-electron chi connectivity index (χ4n) is 1.54. The fourth-order valence-corrected chi connectivity index (χ4v) is 2.70. The normalized spacial score (nSPS) is 12.9. The molecule has 1 aromatic rings. The van der Waals surface area contributed by atoms with E-state index in [4.69, 9.17) is 10.00 Å². The molecule has 0 spiro atoms. The second-order valence-corrected chi connectivity index (χ2v) is 6.27. The molecule has 0 aliphatic carbocycles. The van der Waals surface area contributed by atoms with E-state index in [-0.39, 0.29) is 5.41 Å². The zero-order valence-corrected chi connectivity index (χ0v) is 13.0. The predicted octanol–water partition coefficient (Wildman–Crippen LogP) is 4.30. The van der Waals surface area contributed by atoms with Crippen molar-refractivity contribution in [2.45, 2.75) is 27.7 Å². The molecule has 1 rings (SSSR count). The molecule has 0 N–H and O–H groups in total. The van der Waals surface area contributed by atoms with E-state index in [2.05, 4.69) is 42.8 Å². The molecule has 3 heteroatoms. The highest BCUT2D eigenvalue weighted by molar-refractivity contribution is 9.09. The highest BCUT2D eigenvalue weighted by Crippen LogP contribution is 2.29. The molecule has 0 amide bonds. The van der Waals surface area contributed by atoms with Crippen LogP contribution in [-0.4, -0.2) is 11.9 Å². The lowest BCUT2D eigenvalue weighted by Gasteiger charge is -2.29. The van der Waals surface area contributed by atoms with Crippen LogP contribution in [0.4, 0.5) is 0 Å². The van der Waals surface area contributed by atoms with Gasteiger partial charge in [-0.05, 0) is 30.0 Å². The Morgan fingerprint density at radius 3 is 2.56 bits per heavy atom. The molecular formula is C15H20BrNO. The maximum Gasteiger partial charge on any atom is 0.123 e. The second kappa shape index (κ2) is 6.24. The zero-order valence-electron chi connectivity index (χ0n) is 11.5. The number of alkyl halides is 1. The van der Waals surface area contributed by atoms with Gasteiger partial charge in [0.25, 0.3) is 0 Å². The van der Waals surface area contributed by atoms with Gasteiger partial charge < -0.3 is 4.74 Å². The first-order valence-electron chi connectivity index (χ1n) is 6.08. The number of hydrogen-bond acceptors (Lipinski definition) is 2. The molecule has 0 aliphatic heterocycles. The van der Waals surface area contributed by atoms with Crippen LogP contribution in [-0.2, 0) is 0 Å². The minimum atomic E-state index is 0.199. The Kier molecular flexibility index (Phi) is 5.22. The molecule has 0 bridgehead atoms. The van der Waals surface area contributed by atoms with E-state index >= 15 is 0 Å². The molecule has 1 atom stereocenters. The number of nitrogens with zero attached hydrogens (tertiary/aromatic N) is 1. The number of rotatable bonds is 4. The maximum atomic E-state index is 8.89. The largest absolute Gasteiger partial charge is 0.493 e. The number of ether oxygens (including phenoxy) is 1. The van der Waals surface area contributed by atoms with Gasteiger partial charge in [0.15, 0.2) is 0 Å². The number of benzene rings is 1. The summed E-state index contributed by atoms with van der Waals surface area (Å²) in [6.07, 6.45) is 0. The summed E-state index contributed by atoms with van der Waals surface area (Å²) in [5, 5.41) is 9.80. The van der Waals surface area contributed by atoms with Gasteiger partial charge in [-0.1, -0.05) is 42.8 Å². The fraction of sp³-hybridized carbons (Fsp3) is 0.533. The molecule has 0 fully saturated rings. The molecule has 18 heavy (non-hydrogen) atoms. The molecule has 1 aromatic carbocycles. The van der Waals surface area contributed by atoms with Gasteiger partial charge in [0.05, 0.1) is 18.2 Å². The van der Waals surface area contributed by atoms with Gasteiger partial charge >= 0.3 is 0 Å². The first kappa shape index (κ1) is 15.0. The van der Waals surface area contributed by atoms with Crippen molar-refractivity contribution in [3.63, 3.8) is 0 Å². The summed E-state index contributed by atoms with van der Waals surface area (Å²) >= 11 is 3.54. The minimum absolute atomic E-state index is 0.199. The van der Waals surface area contributed by atoms with E-state index in [0.29, 0.717) is 18.1 Å². The zero-order chi connectivity index (χ0) is 13.8. The number of halogens is 1. The highest BCUT2D eigenvalue weighted by atomic mass is 79.9. The summed E-state index contributed by atoms with van der Waals surface area (Å²) in [5.74, 6) is 1.24. The van der Waals surface area contributed by atoms with Crippen LogP contribution in [0.3, 0.4) is 0 Å². The molecule has 0 radical (unpaired) electrons. The van der Waals surface area contributed by atoms with Crippen molar-refractivity contribution in [3.8, 4) is 11.8 Å². The monoisotopic (exact) mass is 309 g/mol. The van der Waals surface area contributed by atoms with E-state index in [1.54, 1.807) is 0 Å². The van der Waals surface area contributed by atoms with Crippen molar-refractivity contribution in [2.75, 3.05) is 11.9 Å². The third-order valence-corrected chi connectivity index (χ3v) is 3.95. The molecule has 0 saturated heterocycles. The van der Waals surface area contributed by atoms with Gasteiger partial charge in [0, 0.05) is 11.2 Å². The summed E-state index contributed by atoms with van der Waals surface area (Å²) in [6.45, 7) is 9.28. The number of nitriles is 1. The van der Waals surface area contributed by atoms with Crippen molar-refractivity contribution in [1.82, 2.24) is 0 Å². The molecule has 0 saturated carbocycles. The quantitative estimate of drug-likeness (QED) is 0.777. The van der Waals surface area contributed by atoms with Gasteiger partial charge in [-0.2, -0.15) is 5.26 Å². The van der Waals surface area contributed by atoms with Crippen molar-refractivity contribution in [2.24, 2.45) is 11.3 Å². The van der Waals surface area contributed by atoms with Crippen LogP contribution >= 0.6 is 15.9 Å². The van der Waals surface area contributed by atoms with Gasteiger partial charge in [-0.3, -0.25) is 0 Å². The minimum Gasteiger partial charge on any atom is -0.493 e. The highest BCUT2D eigenvalue weighted by Gasteiger charge is 2.24. The summed E-state index contributed by atoms with van der Waals surface area (Å²) < 4.78 is 5.88. The summed E-state index contributed by atoms with van der Waals surface area (Å²) in [4.78, 5) is 0. The molecule has 0 aliphatic rings. The lowest BCUT2D eigenvalue weighted by molar-refractivity contribution is 0.165. The Hall–Kier alpha value is -1.01. The van der Waals surface area contributed by atoms with Crippen LogP contribution in [0.15, 0.2) is 18.2 Å². The van der Waals surface area contributed by atoms with E-state index in [1.807, 2.05) is 25.1 Å². The molecule has 0 aromatic heterocycles. The number of hydrogen-bond donors (Lipinski definition) is 0. The van der Waals surface area contributed by atoms with Gasteiger partial charge in [0.2, 0.25) is 0 Å². The molecule has 2 nitrogen and oxygen atoms in total. The predicted molar refractivity (Wildman–Crippen MR) is 78.1 cm³/mol. The molecule has 98 valence electrons. The first-order valence-corrected chi connectivity index (χ1v) is 7.20. The van der Waals surface area contributed by atoms with Crippen LogP contribution in [0.2, 0.25) is 0 Å². The lowest BCUT2D eigenvalue weighted by Crippen LogP contribution is -2.28. The van der Waals surface area contributed by atoms with Crippen molar-refractivity contribution >= 4 is 15.9 Å². The average Bonchev–Trinajstić information content (AvgIpc) is 2.30. The third-order valence-electron chi connectivity index (χ3n) is 3.17. The third kappa shape index (κ3) is 4.03. The topological polar surface area (TPSA) is 33.0 Å². The molecular weight excluding hydrogens is 290 g/mol. The summed E-state index contributed by atoms with van der Waals surface area (Å²) in [7, 11) is 0. The van der Waals surface area contributed by atoms with E-state index in [0.717, 1.165) is 16.6 Å². The Labute approximate surface area is 118 Å². The molecule has 0 heterocycles. The standard InChI is InChI=1S/C15H20BrNO/c1-11-5-6-12(9-17)7-14(11)18-10-13(8-16)15(2,3)4/h5-7,13H,8,10H2,1-4H3. The average molecular weight is 310 g/mol. The van der Waals surface area contributed by atoms with Crippen LogP contribution in [0.1, 0.15) is 31.9 Å². The van der Waals surface area contributed by atoms with Crippen molar-refractivity contribution in [1.29, 1.82) is 5.26 Å². The van der Waals surface area contributed by atoms with Crippen LogP contribution in [0, 0.1) is 29.6 Å². The maximum absolute atomic E-state index is 8.89. The van der Waals surface area contributed by atoms with Crippen LogP contribution in [0.5, 0.6) is 5.75 Å². The SMILES string of the molecule is Cc1ccc(C#N)cc1OCC(CBr)C(C)(C)C. The summed E-state index contributed by atoms with van der Waals surface area (Å²) in [5.41, 5.74) is 1.91. The van der Waals surface area contributed by atoms with Crippen molar-refractivity contribution in [3.05, 3.63) is 29.3 Å². The second-order valence-electron chi connectivity index (χ2n) is 5.62. The summed E-state index contributed by atoms with van der Waals surface area (Å²) in [6, 6.07) is 7.68. The Bertz CT molecular complexity index is 443. The Balaban J connectivity index is 2.77. The van der Waals surface area contributed by atoms with Gasteiger partial charge in [-0.25, -0.2) is 0 Å². The smallest absolute Gasteiger partial charge is 0.123 e. The van der Waals surface area contributed by atoms with Crippen LogP contribution in [0.25, 0.3) is 0 Å². The first-order chi connectivity index (χ1) is 8.38. The van der Waals surface area contributed by atoms with Crippen LogP contribution < -0.4 is 4.74 Å².